The Bertz CT molecular complexity index is 435. The lowest BCUT2D eigenvalue weighted by atomic mass is 9.99. The molecule has 0 aliphatic carbocycles. The number of nitrogens with one attached hydrogen (secondary N) is 1. The van der Waals surface area contributed by atoms with E-state index >= 15 is 0 Å². The van der Waals surface area contributed by atoms with Crippen molar-refractivity contribution >= 4 is 11.6 Å². The number of nitrogens with two attached hydrogens (primary N) is 1. The molecule has 0 heterocycles. The Hall–Kier alpha value is -1.55. The third-order valence-corrected chi connectivity index (χ3v) is 4.17. The number of anilines is 1. The van der Waals surface area contributed by atoms with Gasteiger partial charge in [0.05, 0.1) is 0 Å². The average molecular weight is 304 g/mol. The Balaban J connectivity index is 2.40. The monoisotopic (exact) mass is 304 g/mol. The van der Waals surface area contributed by atoms with Crippen LogP contribution in [-0.4, -0.2) is 37.0 Å². The van der Waals surface area contributed by atoms with Gasteiger partial charge in [0.2, 0.25) is 0 Å². The lowest BCUT2D eigenvalue weighted by Gasteiger charge is -2.16. The fourth-order valence-electron chi connectivity index (χ4n) is 2.35. The summed E-state index contributed by atoms with van der Waals surface area (Å²) in [4.78, 5) is 6.79. The highest BCUT2D eigenvalue weighted by Crippen LogP contribution is 2.20. The molecule has 0 aromatic heterocycles. The molecule has 0 saturated heterocycles. The van der Waals surface area contributed by atoms with Crippen LogP contribution in [0.4, 0.5) is 5.69 Å². The van der Waals surface area contributed by atoms with Gasteiger partial charge in [-0.25, -0.2) is 0 Å². The van der Waals surface area contributed by atoms with Gasteiger partial charge in [0.25, 0.3) is 0 Å². The normalized spacial score (nSPS) is 13.4. The van der Waals surface area contributed by atoms with Crippen LogP contribution in [0.15, 0.2) is 29.3 Å². The Morgan fingerprint density at radius 3 is 2.36 bits per heavy atom. The maximum Gasteiger partial charge on any atom is 0.193 e. The van der Waals surface area contributed by atoms with Gasteiger partial charge in [-0.1, -0.05) is 39.8 Å². The van der Waals surface area contributed by atoms with Crippen LogP contribution in [0.25, 0.3) is 0 Å². The second kappa shape index (κ2) is 10.2. The SMILES string of the molecule is CCC(C)c1ccc(NC(N)=NCCCN(CC)CC)cc1. The van der Waals surface area contributed by atoms with Gasteiger partial charge in [0.1, 0.15) is 0 Å². The van der Waals surface area contributed by atoms with Gasteiger partial charge < -0.3 is 16.0 Å². The summed E-state index contributed by atoms with van der Waals surface area (Å²) < 4.78 is 0. The molecule has 3 N–H and O–H groups in total. The first-order chi connectivity index (χ1) is 10.6. The zero-order valence-corrected chi connectivity index (χ0v) is 14.6. The molecular weight excluding hydrogens is 272 g/mol. The van der Waals surface area contributed by atoms with E-state index < -0.39 is 0 Å². The van der Waals surface area contributed by atoms with Crippen LogP contribution in [0.1, 0.15) is 52.0 Å². The lowest BCUT2D eigenvalue weighted by molar-refractivity contribution is 0.302. The summed E-state index contributed by atoms with van der Waals surface area (Å²) in [7, 11) is 0. The van der Waals surface area contributed by atoms with Crippen molar-refractivity contribution in [3.05, 3.63) is 29.8 Å². The Morgan fingerprint density at radius 2 is 1.82 bits per heavy atom. The number of aliphatic imine (C=N–C) groups is 1. The average Bonchev–Trinajstić information content (AvgIpc) is 2.55. The molecule has 4 heteroatoms. The molecule has 0 saturated carbocycles. The number of rotatable bonds is 9. The van der Waals surface area contributed by atoms with E-state index in [4.69, 9.17) is 5.73 Å². The van der Waals surface area contributed by atoms with Gasteiger partial charge in [-0.3, -0.25) is 4.99 Å². The zero-order valence-electron chi connectivity index (χ0n) is 14.6. The van der Waals surface area contributed by atoms with Gasteiger partial charge in [-0.05, 0) is 56.1 Å². The van der Waals surface area contributed by atoms with Gasteiger partial charge in [-0.2, -0.15) is 0 Å². The molecule has 1 atom stereocenters. The van der Waals surface area contributed by atoms with Gasteiger partial charge in [-0.15, -0.1) is 0 Å². The molecule has 0 spiro atoms. The first kappa shape index (κ1) is 18.5. The summed E-state index contributed by atoms with van der Waals surface area (Å²) in [6.07, 6.45) is 2.19. The Kier molecular flexibility index (Phi) is 8.60. The third kappa shape index (κ3) is 6.48. The predicted octanol–water partition coefficient (Wildman–Crippen LogP) is 3.66. The van der Waals surface area contributed by atoms with Crippen molar-refractivity contribution in [2.45, 2.75) is 46.5 Å². The van der Waals surface area contributed by atoms with Crippen LogP contribution in [0.2, 0.25) is 0 Å². The molecule has 0 aliphatic rings. The van der Waals surface area contributed by atoms with Crippen molar-refractivity contribution in [2.75, 3.05) is 31.5 Å². The molecule has 124 valence electrons. The van der Waals surface area contributed by atoms with E-state index in [9.17, 15) is 0 Å². The van der Waals surface area contributed by atoms with Gasteiger partial charge in [0.15, 0.2) is 5.96 Å². The maximum absolute atomic E-state index is 5.94. The van der Waals surface area contributed by atoms with Crippen molar-refractivity contribution in [1.82, 2.24) is 4.90 Å². The van der Waals surface area contributed by atoms with Crippen molar-refractivity contribution in [1.29, 1.82) is 0 Å². The minimum atomic E-state index is 0.496. The highest BCUT2D eigenvalue weighted by atomic mass is 15.1. The van der Waals surface area contributed by atoms with Crippen molar-refractivity contribution < 1.29 is 0 Å². The van der Waals surface area contributed by atoms with Gasteiger partial charge in [0, 0.05) is 12.2 Å². The predicted molar refractivity (Wildman–Crippen MR) is 97.7 cm³/mol. The summed E-state index contributed by atoms with van der Waals surface area (Å²) in [6, 6.07) is 8.45. The summed E-state index contributed by atoms with van der Waals surface area (Å²) in [5.74, 6) is 1.09. The van der Waals surface area contributed by atoms with Crippen LogP contribution in [0.5, 0.6) is 0 Å². The summed E-state index contributed by atoms with van der Waals surface area (Å²) in [5, 5.41) is 3.16. The van der Waals surface area contributed by atoms with Crippen molar-refractivity contribution in [3.63, 3.8) is 0 Å². The topological polar surface area (TPSA) is 53.6 Å². The molecule has 4 nitrogen and oxygen atoms in total. The van der Waals surface area contributed by atoms with E-state index in [1.807, 2.05) is 0 Å². The molecule has 22 heavy (non-hydrogen) atoms. The van der Waals surface area contributed by atoms with Crippen molar-refractivity contribution in [2.24, 2.45) is 10.7 Å². The van der Waals surface area contributed by atoms with Crippen LogP contribution in [-0.2, 0) is 0 Å². The number of guanidine groups is 1. The molecule has 1 rings (SSSR count). The fraction of sp³-hybridized carbons (Fsp3) is 0.611. The van der Waals surface area contributed by atoms with Crippen LogP contribution >= 0.6 is 0 Å². The van der Waals surface area contributed by atoms with E-state index in [0.717, 1.165) is 44.7 Å². The van der Waals surface area contributed by atoms with Gasteiger partial charge >= 0.3 is 0 Å². The minimum Gasteiger partial charge on any atom is -0.370 e. The molecule has 1 aromatic carbocycles. The van der Waals surface area contributed by atoms with E-state index in [-0.39, 0.29) is 0 Å². The first-order valence-electron chi connectivity index (χ1n) is 8.49. The quantitative estimate of drug-likeness (QED) is 0.416. The second-order valence-corrected chi connectivity index (χ2v) is 5.70. The molecule has 0 aliphatic heterocycles. The third-order valence-electron chi connectivity index (χ3n) is 4.17. The van der Waals surface area contributed by atoms with Crippen LogP contribution in [0.3, 0.4) is 0 Å². The summed E-state index contributed by atoms with van der Waals surface area (Å²) in [5.41, 5.74) is 8.30. The molecule has 0 bridgehead atoms. The van der Waals surface area contributed by atoms with Crippen molar-refractivity contribution in [3.8, 4) is 0 Å². The minimum absolute atomic E-state index is 0.496. The lowest BCUT2D eigenvalue weighted by Crippen LogP contribution is -2.26. The van der Waals surface area contributed by atoms with E-state index in [1.165, 1.54) is 5.56 Å². The largest absolute Gasteiger partial charge is 0.370 e. The molecule has 0 fully saturated rings. The highest BCUT2D eigenvalue weighted by Gasteiger charge is 2.03. The van der Waals surface area contributed by atoms with E-state index in [0.29, 0.717) is 11.9 Å². The smallest absolute Gasteiger partial charge is 0.193 e. The number of benzene rings is 1. The number of hydrogen-bond acceptors (Lipinski definition) is 2. The molecular formula is C18H32N4. The number of nitrogens with zero attached hydrogens (tertiary/aromatic N) is 2. The maximum atomic E-state index is 5.94. The second-order valence-electron chi connectivity index (χ2n) is 5.70. The molecule has 1 unspecified atom stereocenters. The van der Waals surface area contributed by atoms with E-state index in [2.05, 4.69) is 67.2 Å². The zero-order chi connectivity index (χ0) is 16.4. The highest BCUT2D eigenvalue weighted by molar-refractivity contribution is 5.92. The van der Waals surface area contributed by atoms with E-state index in [1.54, 1.807) is 0 Å². The Morgan fingerprint density at radius 1 is 1.18 bits per heavy atom. The Labute approximate surface area is 135 Å². The summed E-state index contributed by atoms with van der Waals surface area (Å²) in [6.45, 7) is 12.9. The standard InChI is InChI=1S/C18H32N4/c1-5-15(4)16-9-11-17(12-10-16)21-18(19)20-13-8-14-22(6-2)7-3/h9-12,15H,5-8,13-14H2,1-4H3,(H3,19,20,21). The van der Waals surface area contributed by atoms with Crippen LogP contribution < -0.4 is 11.1 Å². The summed E-state index contributed by atoms with van der Waals surface area (Å²) >= 11 is 0. The fourth-order valence-corrected chi connectivity index (χ4v) is 2.35. The molecule has 1 aromatic rings. The molecule has 0 amide bonds. The van der Waals surface area contributed by atoms with Crippen LogP contribution in [0, 0.1) is 0 Å². The number of hydrogen-bond donors (Lipinski definition) is 2. The first-order valence-corrected chi connectivity index (χ1v) is 8.49. The molecule has 0 radical (unpaired) electrons.